The molecular formula is C41H63N3O11. The fourth-order valence-corrected chi connectivity index (χ4v) is 8.10. The normalized spacial score (nSPS) is 24.8. The molecule has 308 valence electrons. The van der Waals surface area contributed by atoms with Crippen molar-refractivity contribution in [3.05, 3.63) is 48.1 Å². The van der Waals surface area contributed by atoms with E-state index in [0.29, 0.717) is 36.6 Å². The summed E-state index contributed by atoms with van der Waals surface area (Å²) in [5.74, 6) is -1.46. The third-order valence-electron chi connectivity index (χ3n) is 10.2. The molecule has 0 saturated heterocycles. The lowest BCUT2D eigenvalue weighted by atomic mass is 9.55. The first-order chi connectivity index (χ1) is 26.5. The maximum atomic E-state index is 14.0. The molecule has 1 aromatic rings. The fraction of sp³-hybridized carbons (Fsp3) is 0.683. The second kappa shape index (κ2) is 21.0. The number of aliphatic hydroxyl groups excluding tert-OH is 3. The molecule has 6 unspecified atom stereocenters. The van der Waals surface area contributed by atoms with Gasteiger partial charge in [0, 0.05) is 44.2 Å². The first-order valence-electron chi connectivity index (χ1n) is 19.8. The highest BCUT2D eigenvalue weighted by atomic mass is 16.7. The van der Waals surface area contributed by atoms with E-state index in [9.17, 15) is 24.9 Å². The van der Waals surface area contributed by atoms with Crippen molar-refractivity contribution in [3.63, 3.8) is 0 Å². The van der Waals surface area contributed by atoms with Crippen LogP contribution in [0.2, 0.25) is 0 Å². The Hall–Kier alpha value is -3.69. The Morgan fingerprint density at radius 2 is 1.82 bits per heavy atom. The zero-order valence-corrected chi connectivity index (χ0v) is 33.3. The van der Waals surface area contributed by atoms with E-state index >= 15 is 0 Å². The van der Waals surface area contributed by atoms with Crippen LogP contribution in [0.5, 0.6) is 11.5 Å². The summed E-state index contributed by atoms with van der Waals surface area (Å²) < 4.78 is 31.1. The summed E-state index contributed by atoms with van der Waals surface area (Å²) in [6.07, 6.45) is 7.29. The molecule has 1 heterocycles. The number of oxime groups is 1. The van der Waals surface area contributed by atoms with Gasteiger partial charge in [0.05, 0.1) is 44.7 Å². The van der Waals surface area contributed by atoms with Gasteiger partial charge in [0.15, 0.2) is 0 Å². The van der Waals surface area contributed by atoms with Crippen molar-refractivity contribution in [2.45, 2.75) is 103 Å². The Morgan fingerprint density at radius 3 is 2.47 bits per heavy atom. The van der Waals surface area contributed by atoms with Gasteiger partial charge in [-0.1, -0.05) is 30.1 Å². The molecule has 14 heteroatoms. The minimum Gasteiger partial charge on any atom is -0.459 e. The highest BCUT2D eigenvalue weighted by Gasteiger charge is 2.65. The first kappa shape index (κ1) is 44.0. The number of nitrogens with zero attached hydrogens (tertiary/aromatic N) is 2. The highest BCUT2D eigenvalue weighted by Crippen LogP contribution is 2.62. The van der Waals surface area contributed by atoms with Crippen LogP contribution in [0.3, 0.4) is 0 Å². The molecule has 0 aromatic heterocycles. The summed E-state index contributed by atoms with van der Waals surface area (Å²) in [6.45, 7) is 14.2. The number of allylic oxidation sites excluding steroid dienone is 1. The standard InChI is InChI=1S/C41H63N3O11/c1-7-22-52-41-35(44(39(49)51-9-3)18-23-50-24-21-47)27-33(43-55-40(4,5)6)31-25-28(14-10-12-19-45)30(15-11-13-20-46)36(37(31)41)32-26-29(16-17-34(32)54-41)53-38(48)42-8-2/h7,16-17,25-26,28,30,35-37,45-47H,1,8-15,18-24,27H2,2-6H3,(H,42,48). The van der Waals surface area contributed by atoms with Gasteiger partial charge in [0.2, 0.25) is 5.79 Å². The molecule has 3 aliphatic rings. The average molecular weight is 774 g/mol. The van der Waals surface area contributed by atoms with Crippen LogP contribution in [0.4, 0.5) is 9.59 Å². The van der Waals surface area contributed by atoms with Crippen LogP contribution in [0.25, 0.3) is 0 Å². The van der Waals surface area contributed by atoms with Gasteiger partial charge in [-0.25, -0.2) is 9.59 Å². The number of benzene rings is 1. The summed E-state index contributed by atoms with van der Waals surface area (Å²) in [5.41, 5.74) is 1.71. The van der Waals surface area contributed by atoms with Gasteiger partial charge in [-0.15, -0.1) is 6.58 Å². The van der Waals surface area contributed by atoms with Crippen molar-refractivity contribution in [2.75, 3.05) is 59.3 Å². The predicted octanol–water partition coefficient (Wildman–Crippen LogP) is 5.69. The fourth-order valence-electron chi connectivity index (χ4n) is 8.10. The molecule has 2 aliphatic carbocycles. The van der Waals surface area contributed by atoms with Gasteiger partial charge in [0.25, 0.3) is 0 Å². The van der Waals surface area contributed by atoms with Crippen LogP contribution in [0.1, 0.15) is 91.0 Å². The van der Waals surface area contributed by atoms with Crippen LogP contribution in [0, 0.1) is 17.8 Å². The van der Waals surface area contributed by atoms with Gasteiger partial charge in [-0.2, -0.15) is 0 Å². The molecule has 14 nitrogen and oxygen atoms in total. The van der Waals surface area contributed by atoms with Crippen molar-refractivity contribution in [2.24, 2.45) is 22.9 Å². The molecule has 55 heavy (non-hydrogen) atoms. The van der Waals surface area contributed by atoms with Gasteiger partial charge < -0.3 is 49.2 Å². The van der Waals surface area contributed by atoms with Gasteiger partial charge >= 0.3 is 12.2 Å². The van der Waals surface area contributed by atoms with E-state index in [2.05, 4.69) is 18.0 Å². The summed E-state index contributed by atoms with van der Waals surface area (Å²) in [4.78, 5) is 34.4. The Bertz CT molecular complexity index is 1480. The molecule has 0 bridgehead atoms. The third-order valence-corrected chi connectivity index (χ3v) is 10.2. The van der Waals surface area contributed by atoms with Gasteiger partial charge in [-0.3, -0.25) is 4.90 Å². The number of unbranched alkanes of at least 4 members (excludes halogenated alkanes) is 2. The van der Waals surface area contributed by atoms with Crippen LogP contribution < -0.4 is 14.8 Å². The SMILES string of the molecule is C=CCOC12Oc3ccc(OC(=O)NCC)cc3C3C(CCCCO)C(CCCCO)C=C(C(=NOC(C)(C)C)CC1N(CCOCCO)C(=O)OCC)C32. The minimum atomic E-state index is -1.49. The molecule has 1 aromatic carbocycles. The Kier molecular flexibility index (Phi) is 16.8. The van der Waals surface area contributed by atoms with Crippen LogP contribution in [0.15, 0.2) is 47.7 Å². The van der Waals surface area contributed by atoms with Crippen molar-refractivity contribution < 1.29 is 53.4 Å². The minimum absolute atomic E-state index is 0.0134. The van der Waals surface area contributed by atoms with E-state index in [4.69, 9.17) is 33.7 Å². The summed E-state index contributed by atoms with van der Waals surface area (Å²) >= 11 is 0. The Labute approximate surface area is 325 Å². The lowest BCUT2D eigenvalue weighted by Crippen LogP contribution is -2.70. The Balaban J connectivity index is 2.05. The number of carbonyl (C=O) groups is 2. The average Bonchev–Trinajstić information content (AvgIpc) is 3.14. The van der Waals surface area contributed by atoms with E-state index < -0.39 is 35.5 Å². The van der Waals surface area contributed by atoms with Crippen LogP contribution >= 0.6 is 0 Å². The summed E-state index contributed by atoms with van der Waals surface area (Å²) in [7, 11) is 0. The van der Waals surface area contributed by atoms with E-state index in [1.807, 2.05) is 33.8 Å². The number of rotatable bonds is 21. The number of fused-ring (bicyclic) bond motifs is 2. The molecule has 4 N–H and O–H groups in total. The van der Waals surface area contributed by atoms with Gasteiger partial charge in [-0.05, 0) is 95.9 Å². The van der Waals surface area contributed by atoms with Crippen molar-refractivity contribution in [1.82, 2.24) is 10.2 Å². The molecular weight excluding hydrogens is 710 g/mol. The van der Waals surface area contributed by atoms with Crippen LogP contribution in [-0.2, 0) is 19.0 Å². The van der Waals surface area contributed by atoms with Gasteiger partial charge in [0.1, 0.15) is 23.1 Å². The maximum absolute atomic E-state index is 14.0. The number of nitrogens with one attached hydrogen (secondary N) is 1. The molecule has 1 saturated carbocycles. The summed E-state index contributed by atoms with van der Waals surface area (Å²) in [5, 5.41) is 36.6. The van der Waals surface area contributed by atoms with Crippen molar-refractivity contribution in [3.8, 4) is 11.5 Å². The molecule has 1 aliphatic heterocycles. The molecule has 6 atom stereocenters. The van der Waals surface area contributed by atoms with E-state index in [1.54, 1.807) is 30.0 Å². The lowest BCUT2D eigenvalue weighted by molar-refractivity contribution is -0.256. The van der Waals surface area contributed by atoms with Crippen LogP contribution in [-0.4, -0.2) is 115 Å². The van der Waals surface area contributed by atoms with Crippen molar-refractivity contribution in [1.29, 1.82) is 0 Å². The quantitative estimate of drug-likeness (QED) is 0.0685. The number of hydrogen-bond donors (Lipinski definition) is 4. The smallest absolute Gasteiger partial charge is 0.412 e. The Morgan fingerprint density at radius 1 is 1.07 bits per heavy atom. The number of carbonyl (C=O) groups excluding carboxylic acids is 2. The molecule has 4 rings (SSSR count). The number of aliphatic hydroxyl groups is 3. The first-order valence-corrected chi connectivity index (χ1v) is 19.8. The van der Waals surface area contributed by atoms with E-state index in [0.717, 1.165) is 36.8 Å². The number of amides is 2. The zero-order valence-electron chi connectivity index (χ0n) is 33.3. The topological polar surface area (TPSA) is 178 Å². The molecule has 1 fully saturated rings. The number of ether oxygens (including phenoxy) is 5. The molecule has 0 spiro atoms. The zero-order chi connectivity index (χ0) is 40.0. The number of hydrogen-bond acceptors (Lipinski definition) is 12. The lowest BCUT2D eigenvalue weighted by Gasteiger charge is -2.59. The highest BCUT2D eigenvalue weighted by molar-refractivity contribution is 6.03. The molecule has 0 radical (unpaired) electrons. The second-order valence-corrected chi connectivity index (χ2v) is 15.1. The molecule has 2 amide bonds. The summed E-state index contributed by atoms with van der Waals surface area (Å²) in [6, 6.07) is 4.52. The largest absolute Gasteiger partial charge is 0.459 e. The maximum Gasteiger partial charge on any atom is 0.412 e. The van der Waals surface area contributed by atoms with E-state index in [-0.39, 0.29) is 77.0 Å². The van der Waals surface area contributed by atoms with E-state index in [1.165, 1.54) is 0 Å². The second-order valence-electron chi connectivity index (χ2n) is 15.1. The van der Waals surface area contributed by atoms with Crippen molar-refractivity contribution >= 4 is 17.9 Å². The monoisotopic (exact) mass is 773 g/mol. The predicted molar refractivity (Wildman–Crippen MR) is 207 cm³/mol. The third kappa shape index (κ3) is 11.0.